The molecule has 2 aromatic carbocycles. The third-order valence-electron chi connectivity index (χ3n) is 4.78. The van der Waals surface area contributed by atoms with Crippen molar-refractivity contribution in [3.05, 3.63) is 59.7 Å². The van der Waals surface area contributed by atoms with Gasteiger partial charge in [-0.2, -0.15) is 0 Å². The van der Waals surface area contributed by atoms with Crippen LogP contribution in [-0.2, 0) is 0 Å². The van der Waals surface area contributed by atoms with Crippen LogP contribution < -0.4 is 0 Å². The first-order chi connectivity index (χ1) is 10.9. The average Bonchev–Trinajstić information content (AvgIpc) is 2.52. The fourth-order valence-corrected chi connectivity index (χ4v) is 3.28. The molecule has 0 unspecified atom stereocenters. The number of rotatable bonds is 6. The van der Waals surface area contributed by atoms with Gasteiger partial charge >= 0.3 is 0 Å². The quantitative estimate of drug-likeness (QED) is 0.526. The highest BCUT2D eigenvalue weighted by Crippen LogP contribution is 2.32. The van der Waals surface area contributed by atoms with Crippen molar-refractivity contribution in [1.82, 2.24) is 0 Å². The van der Waals surface area contributed by atoms with Crippen LogP contribution in [0.5, 0.6) is 0 Å². The maximum Gasteiger partial charge on any atom is -0.0136 e. The van der Waals surface area contributed by atoms with Gasteiger partial charge in [0, 0.05) is 0 Å². The molecule has 23 heavy (non-hydrogen) atoms. The first-order valence-corrected chi connectivity index (χ1v) is 9.08. The van der Waals surface area contributed by atoms with Crippen molar-refractivity contribution in [2.24, 2.45) is 11.8 Å². The number of hydrogen-bond acceptors (Lipinski definition) is 0. The summed E-state index contributed by atoms with van der Waals surface area (Å²) in [5.41, 5.74) is 5.51. The molecular weight excluding hydrogens is 276 g/mol. The molecule has 1 atom stereocenters. The van der Waals surface area contributed by atoms with E-state index in [0.29, 0.717) is 17.8 Å². The minimum Gasteiger partial charge on any atom is -0.0628 e. The average molecular weight is 309 g/mol. The van der Waals surface area contributed by atoms with Crippen molar-refractivity contribution in [2.75, 3.05) is 0 Å². The highest BCUT2D eigenvalue weighted by Gasteiger charge is 2.17. The van der Waals surface area contributed by atoms with Crippen LogP contribution in [0, 0.1) is 11.8 Å². The summed E-state index contributed by atoms with van der Waals surface area (Å²) >= 11 is 0. The van der Waals surface area contributed by atoms with Crippen LogP contribution in [0.3, 0.4) is 0 Å². The van der Waals surface area contributed by atoms with E-state index in [1.807, 2.05) is 0 Å². The van der Waals surface area contributed by atoms with E-state index in [-0.39, 0.29) is 0 Å². The monoisotopic (exact) mass is 308 g/mol. The van der Waals surface area contributed by atoms with Crippen molar-refractivity contribution in [2.45, 2.75) is 59.8 Å². The molecule has 0 aliphatic heterocycles. The van der Waals surface area contributed by atoms with Crippen molar-refractivity contribution in [3.63, 3.8) is 0 Å². The molecular formula is C23H32. The van der Waals surface area contributed by atoms with Gasteiger partial charge in [0.2, 0.25) is 0 Å². The molecule has 0 heteroatoms. The predicted octanol–water partition coefficient (Wildman–Crippen LogP) is 7.26. The molecule has 0 aromatic heterocycles. The lowest BCUT2D eigenvalue weighted by molar-refractivity contribution is 0.408. The Morgan fingerprint density at radius 2 is 1.04 bits per heavy atom. The third-order valence-corrected chi connectivity index (χ3v) is 4.78. The van der Waals surface area contributed by atoms with Gasteiger partial charge in [0.25, 0.3) is 0 Å². The van der Waals surface area contributed by atoms with Gasteiger partial charge in [0.1, 0.15) is 0 Å². The Hall–Kier alpha value is -1.56. The topological polar surface area (TPSA) is 0 Å². The van der Waals surface area contributed by atoms with Gasteiger partial charge < -0.3 is 0 Å². The maximum atomic E-state index is 2.34. The third kappa shape index (κ3) is 4.70. The molecule has 0 fully saturated rings. The molecule has 0 aliphatic carbocycles. The van der Waals surface area contributed by atoms with Crippen molar-refractivity contribution < 1.29 is 0 Å². The lowest BCUT2D eigenvalue weighted by Crippen LogP contribution is -2.09. The zero-order valence-electron chi connectivity index (χ0n) is 15.6. The molecule has 2 aromatic rings. The van der Waals surface area contributed by atoms with Gasteiger partial charge in [0.05, 0.1) is 0 Å². The second kappa shape index (κ2) is 7.81. The Labute approximate surface area is 143 Å². The van der Waals surface area contributed by atoms with Crippen LogP contribution in [0.15, 0.2) is 48.5 Å². The summed E-state index contributed by atoms with van der Waals surface area (Å²) in [6, 6.07) is 18.2. The van der Waals surface area contributed by atoms with E-state index in [4.69, 9.17) is 0 Å². The van der Waals surface area contributed by atoms with Crippen LogP contribution in [-0.4, -0.2) is 0 Å². The summed E-state index contributed by atoms with van der Waals surface area (Å²) in [6.07, 6.45) is 1.26. The van der Waals surface area contributed by atoms with Crippen LogP contribution in [0.4, 0.5) is 0 Å². The summed E-state index contributed by atoms with van der Waals surface area (Å²) in [5.74, 6) is 2.68. The zero-order chi connectivity index (χ0) is 17.0. The Morgan fingerprint density at radius 3 is 1.39 bits per heavy atom. The minimum atomic E-state index is 0.592. The van der Waals surface area contributed by atoms with Gasteiger partial charge in [-0.25, -0.2) is 0 Å². The SMILES string of the molecule is CC(C)C[C@@H](c1ccc(-c2ccc(C(C)C)cc2)cc1)C(C)C. The fourth-order valence-electron chi connectivity index (χ4n) is 3.28. The van der Waals surface area contributed by atoms with Crippen LogP contribution in [0.2, 0.25) is 0 Å². The van der Waals surface area contributed by atoms with E-state index < -0.39 is 0 Å². The Morgan fingerprint density at radius 1 is 0.609 bits per heavy atom. The van der Waals surface area contributed by atoms with E-state index in [1.165, 1.54) is 28.7 Å². The first-order valence-electron chi connectivity index (χ1n) is 9.08. The molecule has 0 heterocycles. The smallest absolute Gasteiger partial charge is 0.0136 e. The molecule has 124 valence electrons. The van der Waals surface area contributed by atoms with E-state index in [2.05, 4.69) is 90.1 Å². The molecule has 0 N–H and O–H groups in total. The molecule has 0 aliphatic rings. The molecule has 0 saturated carbocycles. The fraction of sp³-hybridized carbons (Fsp3) is 0.478. The van der Waals surface area contributed by atoms with Gasteiger partial charge in [-0.05, 0) is 52.3 Å². The van der Waals surface area contributed by atoms with Gasteiger partial charge in [-0.1, -0.05) is 90.1 Å². The van der Waals surface area contributed by atoms with Crippen LogP contribution in [0.25, 0.3) is 11.1 Å². The lowest BCUT2D eigenvalue weighted by atomic mass is 9.82. The van der Waals surface area contributed by atoms with E-state index in [9.17, 15) is 0 Å². The number of hydrogen-bond donors (Lipinski definition) is 0. The normalized spacial score (nSPS) is 13.1. The summed E-state index contributed by atoms with van der Waals surface area (Å²) in [4.78, 5) is 0. The highest BCUT2D eigenvalue weighted by atomic mass is 14.2. The first kappa shape index (κ1) is 17.8. The van der Waals surface area contributed by atoms with Gasteiger partial charge in [-0.3, -0.25) is 0 Å². The Balaban J connectivity index is 2.21. The summed E-state index contributed by atoms with van der Waals surface area (Å²) in [6.45, 7) is 13.8. The van der Waals surface area contributed by atoms with Crippen LogP contribution >= 0.6 is 0 Å². The van der Waals surface area contributed by atoms with Gasteiger partial charge in [-0.15, -0.1) is 0 Å². The van der Waals surface area contributed by atoms with E-state index in [0.717, 1.165) is 5.92 Å². The zero-order valence-corrected chi connectivity index (χ0v) is 15.6. The summed E-state index contributed by atoms with van der Waals surface area (Å²) in [7, 11) is 0. The highest BCUT2D eigenvalue weighted by molar-refractivity contribution is 5.64. The van der Waals surface area contributed by atoms with Crippen LogP contribution in [0.1, 0.15) is 70.9 Å². The molecule has 0 amide bonds. The molecule has 0 saturated heterocycles. The van der Waals surface area contributed by atoms with Gasteiger partial charge in [0.15, 0.2) is 0 Å². The van der Waals surface area contributed by atoms with E-state index >= 15 is 0 Å². The summed E-state index contributed by atoms with van der Waals surface area (Å²) in [5, 5.41) is 0. The molecule has 0 bridgehead atoms. The van der Waals surface area contributed by atoms with Crippen molar-refractivity contribution >= 4 is 0 Å². The molecule has 0 nitrogen and oxygen atoms in total. The maximum absolute atomic E-state index is 2.34. The molecule has 0 spiro atoms. The van der Waals surface area contributed by atoms with Crippen molar-refractivity contribution in [3.8, 4) is 11.1 Å². The lowest BCUT2D eigenvalue weighted by Gasteiger charge is -2.23. The summed E-state index contributed by atoms with van der Waals surface area (Å²) < 4.78 is 0. The molecule has 0 radical (unpaired) electrons. The largest absolute Gasteiger partial charge is 0.0628 e. The predicted molar refractivity (Wildman–Crippen MR) is 103 cm³/mol. The minimum absolute atomic E-state index is 0.592. The second-order valence-corrected chi connectivity index (χ2v) is 7.88. The second-order valence-electron chi connectivity index (χ2n) is 7.88. The Bertz CT molecular complexity index is 585. The number of benzene rings is 2. The standard InChI is InChI=1S/C23H32/c1-16(2)15-23(18(5)6)22-13-11-21(12-14-22)20-9-7-19(8-10-20)17(3)4/h7-14,16-18,23H,15H2,1-6H3/t23-/m1/s1. The van der Waals surface area contributed by atoms with E-state index in [1.54, 1.807) is 0 Å². The molecule has 2 rings (SSSR count). The van der Waals surface area contributed by atoms with Crippen molar-refractivity contribution in [1.29, 1.82) is 0 Å². The Kier molecular flexibility index (Phi) is 6.04.